The van der Waals surface area contributed by atoms with Crippen molar-refractivity contribution in [3.63, 3.8) is 0 Å². The first-order valence-corrected chi connectivity index (χ1v) is 13.6. The number of ether oxygens (including phenoxy) is 3. The van der Waals surface area contributed by atoms with Crippen LogP contribution in [-0.4, -0.2) is 52.5 Å². The molecule has 0 aromatic heterocycles. The van der Waals surface area contributed by atoms with Crippen LogP contribution in [0.1, 0.15) is 35.2 Å². The Morgan fingerprint density at radius 2 is 1.78 bits per heavy atom. The third-order valence-electron chi connectivity index (χ3n) is 5.94. The summed E-state index contributed by atoms with van der Waals surface area (Å²) in [7, 11) is -3.94. The van der Waals surface area contributed by atoms with Crippen molar-refractivity contribution in [2.45, 2.75) is 19.3 Å². The Kier molecular flexibility index (Phi) is 8.31. The molecule has 0 aliphatic carbocycles. The quantitative estimate of drug-likeness (QED) is 0.409. The van der Waals surface area contributed by atoms with Gasteiger partial charge in [0.2, 0.25) is 0 Å². The van der Waals surface area contributed by atoms with E-state index in [1.807, 2.05) is 0 Å². The first-order chi connectivity index (χ1) is 17.7. The molecule has 0 fully saturated rings. The zero-order valence-electron chi connectivity index (χ0n) is 20.0. The van der Waals surface area contributed by atoms with Gasteiger partial charge >= 0.3 is 11.9 Å². The van der Waals surface area contributed by atoms with Crippen LogP contribution in [0.15, 0.2) is 70.4 Å². The molecule has 0 amide bonds. The molecule has 196 valence electrons. The summed E-state index contributed by atoms with van der Waals surface area (Å²) in [6.07, 6.45) is 0.204. The van der Waals surface area contributed by atoms with Crippen molar-refractivity contribution >= 4 is 33.4 Å². The van der Waals surface area contributed by atoms with Gasteiger partial charge in [-0.2, -0.15) is 0 Å². The minimum Gasteiger partial charge on any atom is -0.462 e. The summed E-state index contributed by atoms with van der Waals surface area (Å²) in [5.74, 6) is -3.74. The fourth-order valence-electron chi connectivity index (χ4n) is 4.26. The second-order valence-electron chi connectivity index (χ2n) is 8.44. The smallest absolute Gasteiger partial charge is 0.338 e. The lowest BCUT2D eigenvalue weighted by molar-refractivity contribution is -0.139. The number of hydrogen-bond acceptors (Lipinski definition) is 8. The van der Waals surface area contributed by atoms with Crippen LogP contribution in [0.3, 0.4) is 0 Å². The van der Waals surface area contributed by atoms with Crippen LogP contribution in [0, 0.1) is 5.82 Å². The molecular formula is C26H25ClFNO7S. The molecule has 1 atom stereocenters. The van der Waals surface area contributed by atoms with Crippen LogP contribution in [0.5, 0.6) is 0 Å². The first kappa shape index (κ1) is 26.8. The van der Waals surface area contributed by atoms with E-state index in [0.717, 1.165) is 6.07 Å². The van der Waals surface area contributed by atoms with E-state index in [2.05, 4.69) is 5.32 Å². The van der Waals surface area contributed by atoms with Crippen molar-refractivity contribution in [3.05, 3.63) is 92.4 Å². The molecule has 0 bridgehead atoms. The van der Waals surface area contributed by atoms with E-state index < -0.39 is 33.5 Å². The maximum atomic E-state index is 15.1. The van der Waals surface area contributed by atoms with Crippen LogP contribution in [0.2, 0.25) is 5.02 Å². The monoisotopic (exact) mass is 549 g/mol. The lowest BCUT2D eigenvalue weighted by Gasteiger charge is -2.31. The van der Waals surface area contributed by atoms with Crippen molar-refractivity contribution < 1.29 is 36.6 Å². The molecule has 1 N–H and O–H groups in total. The number of benzene rings is 2. The SMILES string of the molecule is CC1=C(C(=O)OCCCOC(=O)c2ccccc2)C(c2c(F)cccc2Cl)C2=C(COCCS2(=O)=O)N1. The first-order valence-electron chi connectivity index (χ1n) is 11.5. The van der Waals surface area contributed by atoms with Crippen LogP contribution >= 0.6 is 11.6 Å². The Labute approximate surface area is 219 Å². The number of hydrogen-bond donors (Lipinski definition) is 1. The number of rotatable bonds is 7. The molecule has 11 heteroatoms. The minimum atomic E-state index is -3.94. The predicted octanol–water partition coefficient (Wildman–Crippen LogP) is 3.89. The van der Waals surface area contributed by atoms with Crippen molar-refractivity contribution in [1.29, 1.82) is 0 Å². The number of carbonyl (C=O) groups excluding carboxylic acids is 2. The zero-order valence-corrected chi connectivity index (χ0v) is 21.5. The van der Waals surface area contributed by atoms with Crippen LogP contribution in [0.25, 0.3) is 0 Å². The van der Waals surface area contributed by atoms with Crippen LogP contribution in [0.4, 0.5) is 4.39 Å². The van der Waals surface area contributed by atoms with E-state index >= 15 is 4.39 Å². The molecule has 0 saturated heterocycles. The minimum absolute atomic E-state index is 0.000870. The number of carbonyl (C=O) groups is 2. The van der Waals surface area contributed by atoms with Gasteiger partial charge in [-0.05, 0) is 31.2 Å². The molecule has 0 saturated carbocycles. The van der Waals surface area contributed by atoms with Gasteiger partial charge in [-0.3, -0.25) is 0 Å². The van der Waals surface area contributed by atoms with Gasteiger partial charge in [-0.25, -0.2) is 22.4 Å². The normalized spacial score (nSPS) is 18.9. The van der Waals surface area contributed by atoms with Crippen molar-refractivity contribution in [2.24, 2.45) is 0 Å². The van der Waals surface area contributed by atoms with Gasteiger partial charge in [0.15, 0.2) is 9.84 Å². The highest BCUT2D eigenvalue weighted by Gasteiger charge is 2.43. The Hall–Kier alpha value is -3.21. The van der Waals surface area contributed by atoms with Crippen LogP contribution < -0.4 is 5.32 Å². The summed E-state index contributed by atoms with van der Waals surface area (Å²) in [5.41, 5.74) is 0.716. The Bertz CT molecular complexity index is 1350. The molecule has 2 aromatic carbocycles. The largest absolute Gasteiger partial charge is 0.462 e. The molecule has 8 nitrogen and oxygen atoms in total. The Morgan fingerprint density at radius 1 is 1.08 bits per heavy atom. The highest BCUT2D eigenvalue weighted by atomic mass is 35.5. The molecule has 0 radical (unpaired) electrons. The average Bonchev–Trinajstić information content (AvgIpc) is 3.01. The van der Waals surface area contributed by atoms with Gasteiger partial charge in [0, 0.05) is 22.7 Å². The molecular weight excluding hydrogens is 525 g/mol. The van der Waals surface area contributed by atoms with Crippen LogP contribution in [-0.2, 0) is 28.8 Å². The molecule has 37 heavy (non-hydrogen) atoms. The number of dihydropyridines is 1. The molecule has 1 unspecified atom stereocenters. The van der Waals surface area contributed by atoms with Gasteiger partial charge in [0.25, 0.3) is 0 Å². The van der Waals surface area contributed by atoms with E-state index in [4.69, 9.17) is 25.8 Å². The molecule has 0 spiro atoms. The molecule has 2 heterocycles. The fraction of sp³-hybridized carbons (Fsp3) is 0.308. The van der Waals surface area contributed by atoms with Crippen molar-refractivity contribution in [3.8, 4) is 0 Å². The third-order valence-corrected chi connectivity index (χ3v) is 8.13. The van der Waals surface area contributed by atoms with Gasteiger partial charge in [-0.1, -0.05) is 35.9 Å². The highest BCUT2D eigenvalue weighted by molar-refractivity contribution is 7.95. The summed E-state index contributed by atoms with van der Waals surface area (Å²) < 4.78 is 57.6. The van der Waals surface area contributed by atoms with E-state index in [-0.39, 0.29) is 65.4 Å². The van der Waals surface area contributed by atoms with Gasteiger partial charge in [0.05, 0.1) is 59.8 Å². The summed E-state index contributed by atoms with van der Waals surface area (Å²) in [4.78, 5) is 25.2. The average molecular weight is 550 g/mol. The van der Waals surface area contributed by atoms with Gasteiger partial charge in [-0.15, -0.1) is 0 Å². The molecule has 2 aromatic rings. The number of halogens is 2. The predicted molar refractivity (Wildman–Crippen MR) is 134 cm³/mol. The summed E-state index contributed by atoms with van der Waals surface area (Å²) in [5, 5.41) is 2.91. The maximum Gasteiger partial charge on any atom is 0.338 e. The number of allylic oxidation sites excluding steroid dienone is 2. The maximum absolute atomic E-state index is 15.1. The molecule has 4 rings (SSSR count). The van der Waals surface area contributed by atoms with Gasteiger partial charge in [0.1, 0.15) is 5.82 Å². The summed E-state index contributed by atoms with van der Waals surface area (Å²) >= 11 is 6.34. The van der Waals surface area contributed by atoms with E-state index in [1.165, 1.54) is 12.1 Å². The standard InChI is InChI=1S/C26H25ClFNO7S/c1-16-21(26(31)36-12-6-11-35-25(30)17-7-3-2-4-8-17)23(22-18(27)9-5-10-19(22)28)24-20(29-16)15-34-13-14-37(24,32)33/h2-5,7-10,23,29H,6,11-15H2,1H3. The van der Waals surface area contributed by atoms with Crippen molar-refractivity contribution in [2.75, 3.05) is 32.2 Å². The lowest BCUT2D eigenvalue weighted by atomic mass is 9.86. The molecule has 2 aliphatic heterocycles. The fourth-order valence-corrected chi connectivity index (χ4v) is 6.17. The van der Waals surface area contributed by atoms with Crippen molar-refractivity contribution in [1.82, 2.24) is 5.32 Å². The Balaban J connectivity index is 1.55. The Morgan fingerprint density at radius 3 is 2.49 bits per heavy atom. The highest BCUT2D eigenvalue weighted by Crippen LogP contribution is 2.45. The summed E-state index contributed by atoms with van der Waals surface area (Å²) in [6.45, 7) is 1.36. The van der Waals surface area contributed by atoms with E-state index in [9.17, 15) is 18.0 Å². The van der Waals surface area contributed by atoms with E-state index in [1.54, 1.807) is 37.3 Å². The van der Waals surface area contributed by atoms with Gasteiger partial charge < -0.3 is 19.5 Å². The second-order valence-corrected chi connectivity index (χ2v) is 10.9. The zero-order chi connectivity index (χ0) is 26.6. The second kappa shape index (κ2) is 11.5. The topological polar surface area (TPSA) is 108 Å². The third kappa shape index (κ3) is 5.87. The number of sulfone groups is 1. The number of esters is 2. The summed E-state index contributed by atoms with van der Waals surface area (Å²) in [6, 6.07) is 12.4. The van der Waals surface area contributed by atoms with E-state index in [0.29, 0.717) is 11.3 Å². The lowest BCUT2D eigenvalue weighted by Crippen LogP contribution is -2.34. The molecule has 2 aliphatic rings. The number of nitrogens with one attached hydrogen (secondary N) is 1.